The molecule has 0 amide bonds. The van der Waals surface area contributed by atoms with Gasteiger partial charge in [0.25, 0.3) is 0 Å². The van der Waals surface area contributed by atoms with Crippen LogP contribution in [0.2, 0.25) is 0 Å². The molecule has 2 heterocycles. The molecule has 4 nitrogen and oxygen atoms in total. The summed E-state index contributed by atoms with van der Waals surface area (Å²) in [5.41, 5.74) is 4.60. The molecular weight excluding hydrogens is 226 g/mol. The van der Waals surface area contributed by atoms with E-state index in [1.165, 1.54) is 0 Å². The molecule has 0 aliphatic carbocycles. The maximum atomic E-state index is 9.33. The molecule has 0 saturated heterocycles. The van der Waals surface area contributed by atoms with Crippen molar-refractivity contribution in [1.82, 2.24) is 9.78 Å². The van der Waals surface area contributed by atoms with Gasteiger partial charge in [-0.1, -0.05) is 12.1 Å². The molecule has 4 heteroatoms. The van der Waals surface area contributed by atoms with Crippen LogP contribution in [0.15, 0.2) is 24.3 Å². The first-order valence-corrected chi connectivity index (χ1v) is 5.95. The number of nitrogens with zero attached hydrogens (tertiary/aromatic N) is 3. The van der Waals surface area contributed by atoms with Crippen molar-refractivity contribution >= 4 is 0 Å². The summed E-state index contributed by atoms with van der Waals surface area (Å²) in [5, 5.41) is 13.9. The number of fused-ring (bicyclic) bond motifs is 1. The van der Waals surface area contributed by atoms with Crippen molar-refractivity contribution < 1.29 is 4.74 Å². The van der Waals surface area contributed by atoms with Gasteiger partial charge in [0.05, 0.1) is 24.6 Å². The van der Waals surface area contributed by atoms with E-state index in [-0.39, 0.29) is 0 Å². The van der Waals surface area contributed by atoms with E-state index in [4.69, 9.17) is 4.74 Å². The lowest BCUT2D eigenvalue weighted by molar-refractivity contribution is 0.110. The fourth-order valence-electron chi connectivity index (χ4n) is 2.25. The number of ether oxygens (including phenoxy) is 1. The number of rotatable bonds is 1. The molecule has 1 aliphatic heterocycles. The van der Waals surface area contributed by atoms with Crippen LogP contribution < -0.4 is 0 Å². The number of nitriles is 1. The first-order valence-electron chi connectivity index (χ1n) is 5.95. The van der Waals surface area contributed by atoms with E-state index < -0.39 is 0 Å². The van der Waals surface area contributed by atoms with Gasteiger partial charge in [-0.05, 0) is 24.6 Å². The summed E-state index contributed by atoms with van der Waals surface area (Å²) in [5.74, 6) is 0. The Morgan fingerprint density at radius 2 is 2.33 bits per heavy atom. The van der Waals surface area contributed by atoms with Gasteiger partial charge >= 0.3 is 0 Å². The first-order chi connectivity index (χ1) is 8.79. The van der Waals surface area contributed by atoms with Crippen LogP contribution in [-0.4, -0.2) is 16.4 Å². The summed E-state index contributed by atoms with van der Waals surface area (Å²) in [7, 11) is 0. The molecule has 0 radical (unpaired) electrons. The summed E-state index contributed by atoms with van der Waals surface area (Å²) in [6.07, 6.45) is 0.781. The minimum absolute atomic E-state index is 0.490. The molecule has 1 aliphatic rings. The van der Waals surface area contributed by atoms with Gasteiger partial charge in [0.2, 0.25) is 0 Å². The maximum absolute atomic E-state index is 9.33. The van der Waals surface area contributed by atoms with Crippen LogP contribution in [0.3, 0.4) is 0 Å². The molecule has 90 valence electrons. The second-order valence-corrected chi connectivity index (χ2v) is 4.44. The fraction of sp³-hybridized carbons (Fsp3) is 0.286. The largest absolute Gasteiger partial charge is 0.376 e. The molecule has 0 atom stereocenters. The number of aromatic nitrogens is 2. The van der Waals surface area contributed by atoms with Crippen molar-refractivity contribution in [2.45, 2.75) is 20.0 Å². The highest BCUT2D eigenvalue weighted by atomic mass is 16.5. The lowest BCUT2D eigenvalue weighted by Gasteiger charge is -2.09. The highest BCUT2D eigenvalue weighted by Crippen LogP contribution is 2.23. The maximum Gasteiger partial charge on any atom is 0.150 e. The van der Waals surface area contributed by atoms with Gasteiger partial charge in [-0.2, -0.15) is 10.4 Å². The third-order valence-corrected chi connectivity index (χ3v) is 3.15. The summed E-state index contributed by atoms with van der Waals surface area (Å²) in [6.45, 7) is 3.20. The fourth-order valence-corrected chi connectivity index (χ4v) is 2.25. The number of benzene rings is 1. The quantitative estimate of drug-likeness (QED) is 0.766. The van der Waals surface area contributed by atoms with Gasteiger partial charge in [0, 0.05) is 12.0 Å². The van der Waals surface area contributed by atoms with E-state index >= 15 is 0 Å². The van der Waals surface area contributed by atoms with Crippen molar-refractivity contribution in [2.75, 3.05) is 6.61 Å². The third-order valence-electron chi connectivity index (χ3n) is 3.15. The molecule has 0 fully saturated rings. The molecule has 0 bridgehead atoms. The topological polar surface area (TPSA) is 50.8 Å². The van der Waals surface area contributed by atoms with Gasteiger partial charge in [0.1, 0.15) is 11.8 Å². The normalized spacial score (nSPS) is 14.0. The second kappa shape index (κ2) is 4.28. The first kappa shape index (κ1) is 11.0. The molecule has 1 aromatic heterocycles. The predicted octanol–water partition coefficient (Wildman–Crippen LogP) is 2.13. The molecular formula is C14H13N3O. The van der Waals surface area contributed by atoms with Gasteiger partial charge < -0.3 is 4.74 Å². The zero-order valence-corrected chi connectivity index (χ0v) is 10.2. The monoisotopic (exact) mass is 239 g/mol. The zero-order valence-electron chi connectivity index (χ0n) is 10.2. The number of hydrogen-bond donors (Lipinski definition) is 0. The standard InChI is InChI=1S/C14H13N3O/c1-10-3-2-4-11(7-10)17-14(8-15)12-9-18-6-5-13(12)16-17/h2-4,7H,5-6,9H2,1H3. The molecule has 0 spiro atoms. The predicted molar refractivity (Wildman–Crippen MR) is 66.4 cm³/mol. The summed E-state index contributed by atoms with van der Waals surface area (Å²) in [4.78, 5) is 0. The summed E-state index contributed by atoms with van der Waals surface area (Å²) >= 11 is 0. The Morgan fingerprint density at radius 3 is 3.11 bits per heavy atom. The van der Waals surface area contributed by atoms with Crippen LogP contribution in [0, 0.1) is 18.3 Å². The number of hydrogen-bond acceptors (Lipinski definition) is 3. The molecule has 0 saturated carbocycles. The molecule has 3 rings (SSSR count). The van der Waals surface area contributed by atoms with Crippen molar-refractivity contribution in [3.8, 4) is 11.8 Å². The third kappa shape index (κ3) is 1.69. The Balaban J connectivity index is 2.18. The van der Waals surface area contributed by atoms with Crippen LogP contribution in [0.4, 0.5) is 0 Å². The van der Waals surface area contributed by atoms with Crippen molar-refractivity contribution in [1.29, 1.82) is 5.26 Å². The van der Waals surface area contributed by atoms with Gasteiger partial charge in [-0.3, -0.25) is 0 Å². The van der Waals surface area contributed by atoms with Crippen molar-refractivity contribution in [2.24, 2.45) is 0 Å². The zero-order chi connectivity index (χ0) is 12.5. The highest BCUT2D eigenvalue weighted by molar-refractivity contribution is 5.44. The Bertz CT molecular complexity index is 637. The van der Waals surface area contributed by atoms with Gasteiger partial charge in [-0.15, -0.1) is 0 Å². The average molecular weight is 239 g/mol. The summed E-state index contributed by atoms with van der Waals surface area (Å²) < 4.78 is 7.14. The second-order valence-electron chi connectivity index (χ2n) is 4.44. The van der Waals surface area contributed by atoms with Crippen molar-refractivity contribution in [3.05, 3.63) is 46.8 Å². The molecule has 2 aromatic rings. The van der Waals surface area contributed by atoms with Crippen LogP contribution in [-0.2, 0) is 17.8 Å². The minimum atomic E-state index is 0.490. The van der Waals surface area contributed by atoms with Crippen LogP contribution in [0.5, 0.6) is 0 Å². The Hall–Kier alpha value is -2.12. The van der Waals surface area contributed by atoms with E-state index in [1.807, 2.05) is 31.2 Å². The van der Waals surface area contributed by atoms with Gasteiger partial charge in [0.15, 0.2) is 0 Å². The Morgan fingerprint density at radius 1 is 1.44 bits per heavy atom. The molecule has 1 aromatic carbocycles. The highest BCUT2D eigenvalue weighted by Gasteiger charge is 2.21. The van der Waals surface area contributed by atoms with E-state index in [0.717, 1.165) is 28.9 Å². The lowest BCUT2D eigenvalue weighted by Crippen LogP contribution is -2.08. The van der Waals surface area contributed by atoms with E-state index in [1.54, 1.807) is 4.68 Å². The molecule has 0 unspecified atom stereocenters. The smallest absolute Gasteiger partial charge is 0.150 e. The van der Waals surface area contributed by atoms with Crippen LogP contribution >= 0.6 is 0 Å². The number of aryl methyl sites for hydroxylation is 1. The van der Waals surface area contributed by atoms with Crippen LogP contribution in [0.25, 0.3) is 5.69 Å². The minimum Gasteiger partial charge on any atom is -0.376 e. The Labute approximate surface area is 105 Å². The van der Waals surface area contributed by atoms with Crippen LogP contribution in [0.1, 0.15) is 22.5 Å². The average Bonchev–Trinajstić information content (AvgIpc) is 2.77. The Kier molecular flexibility index (Phi) is 2.62. The molecule has 18 heavy (non-hydrogen) atoms. The van der Waals surface area contributed by atoms with Gasteiger partial charge in [-0.25, -0.2) is 4.68 Å². The molecule has 0 N–H and O–H groups in total. The van der Waals surface area contributed by atoms with Crippen molar-refractivity contribution in [3.63, 3.8) is 0 Å². The SMILES string of the molecule is Cc1cccc(-n2nc3c(c2C#N)COCC3)c1. The van der Waals surface area contributed by atoms with E-state index in [2.05, 4.69) is 11.2 Å². The van der Waals surface area contributed by atoms with E-state index in [0.29, 0.717) is 18.9 Å². The van der Waals surface area contributed by atoms with E-state index in [9.17, 15) is 5.26 Å². The lowest BCUT2D eigenvalue weighted by atomic mass is 10.1. The summed E-state index contributed by atoms with van der Waals surface area (Å²) in [6, 6.07) is 10.2.